The van der Waals surface area contributed by atoms with Gasteiger partial charge in [0.15, 0.2) is 5.75 Å². The fourth-order valence-corrected chi connectivity index (χ4v) is 2.21. The van der Waals surface area contributed by atoms with E-state index in [1.165, 1.54) is 0 Å². The predicted octanol–water partition coefficient (Wildman–Crippen LogP) is 2.27. The zero-order valence-corrected chi connectivity index (χ0v) is 11.8. The van der Waals surface area contributed by atoms with Gasteiger partial charge in [-0.15, -0.1) is 0 Å². The highest BCUT2D eigenvalue weighted by Crippen LogP contribution is 2.36. The number of anilines is 1. The summed E-state index contributed by atoms with van der Waals surface area (Å²) in [7, 11) is 0. The Labute approximate surface area is 114 Å². The second-order valence-electron chi connectivity index (χ2n) is 3.42. The van der Waals surface area contributed by atoms with E-state index in [9.17, 15) is 5.11 Å². The molecule has 1 aromatic carbocycles. The molecule has 0 amide bonds. The highest BCUT2D eigenvalue weighted by molar-refractivity contribution is 9.10. The highest BCUT2D eigenvalue weighted by Gasteiger charge is 2.09. The summed E-state index contributed by atoms with van der Waals surface area (Å²) in [6.07, 6.45) is -0.792. The lowest BCUT2D eigenvalue weighted by atomic mass is 10.3. The summed E-state index contributed by atoms with van der Waals surface area (Å²) in [4.78, 5) is 0. The van der Waals surface area contributed by atoms with E-state index in [-0.39, 0.29) is 13.2 Å². The van der Waals surface area contributed by atoms with Crippen LogP contribution in [0.5, 0.6) is 5.75 Å². The summed E-state index contributed by atoms with van der Waals surface area (Å²) in [6.45, 7) is 2.40. The number of ether oxygens (including phenoxy) is 1. The molecule has 0 saturated heterocycles. The molecule has 0 fully saturated rings. The second kappa shape index (κ2) is 7.06. The summed E-state index contributed by atoms with van der Waals surface area (Å²) >= 11 is 9.42. The third kappa shape index (κ3) is 4.35. The maximum atomic E-state index is 9.21. The maximum absolute atomic E-state index is 9.21. The van der Waals surface area contributed by atoms with Crippen LogP contribution in [-0.2, 0) is 0 Å². The molecule has 0 radical (unpaired) electrons. The van der Waals surface area contributed by atoms with E-state index in [1.807, 2.05) is 6.92 Å². The van der Waals surface area contributed by atoms with Crippen molar-refractivity contribution in [1.29, 1.82) is 0 Å². The van der Waals surface area contributed by atoms with Crippen molar-refractivity contribution in [2.75, 3.05) is 25.1 Å². The second-order valence-corrected chi connectivity index (χ2v) is 4.68. The van der Waals surface area contributed by atoms with Gasteiger partial charge in [-0.25, -0.2) is 0 Å². The van der Waals surface area contributed by atoms with Crippen LogP contribution in [0.1, 0.15) is 6.92 Å². The van der Waals surface area contributed by atoms with E-state index in [2.05, 4.69) is 21.2 Å². The predicted molar refractivity (Wildman–Crippen MR) is 71.9 cm³/mol. The molecular weight excluding hydrogens is 309 g/mol. The zero-order chi connectivity index (χ0) is 12.8. The van der Waals surface area contributed by atoms with E-state index in [0.29, 0.717) is 17.4 Å². The Morgan fingerprint density at radius 1 is 1.53 bits per heavy atom. The summed E-state index contributed by atoms with van der Waals surface area (Å²) in [5, 5.41) is 21.4. The summed E-state index contributed by atoms with van der Waals surface area (Å²) < 4.78 is 6.12. The van der Waals surface area contributed by atoms with Gasteiger partial charge in [-0.3, -0.25) is 0 Å². The molecular formula is C11H15BrClNO3. The van der Waals surface area contributed by atoms with Crippen molar-refractivity contribution in [2.45, 2.75) is 13.0 Å². The minimum atomic E-state index is -0.792. The fourth-order valence-electron chi connectivity index (χ4n) is 1.24. The smallest absolute Gasteiger partial charge is 0.152 e. The number of halogens is 2. The molecule has 0 bridgehead atoms. The quantitative estimate of drug-likeness (QED) is 0.751. The van der Waals surface area contributed by atoms with E-state index in [1.54, 1.807) is 12.1 Å². The van der Waals surface area contributed by atoms with Crippen molar-refractivity contribution in [3.05, 3.63) is 21.6 Å². The SMILES string of the molecule is CCOc1c(Cl)cc(NCC(O)CO)cc1Br. The molecule has 6 heteroatoms. The average molecular weight is 325 g/mol. The van der Waals surface area contributed by atoms with Crippen LogP contribution < -0.4 is 10.1 Å². The Morgan fingerprint density at radius 2 is 2.24 bits per heavy atom. The number of rotatable bonds is 6. The van der Waals surface area contributed by atoms with Crippen LogP contribution in [0, 0.1) is 0 Å². The minimum Gasteiger partial charge on any atom is -0.491 e. The molecule has 0 aliphatic carbocycles. The number of nitrogens with one attached hydrogen (secondary N) is 1. The number of hydrogen-bond donors (Lipinski definition) is 3. The van der Waals surface area contributed by atoms with Crippen LogP contribution in [0.25, 0.3) is 0 Å². The molecule has 1 aromatic rings. The molecule has 96 valence electrons. The minimum absolute atomic E-state index is 0.257. The first kappa shape index (κ1) is 14.6. The van der Waals surface area contributed by atoms with E-state index in [4.69, 9.17) is 21.4 Å². The molecule has 3 N–H and O–H groups in total. The summed E-state index contributed by atoms with van der Waals surface area (Å²) in [5.41, 5.74) is 0.748. The first-order chi connectivity index (χ1) is 8.08. The normalized spacial score (nSPS) is 12.3. The van der Waals surface area contributed by atoms with Crippen LogP contribution in [0.3, 0.4) is 0 Å². The Bertz CT molecular complexity index is 353. The first-order valence-electron chi connectivity index (χ1n) is 5.23. The molecule has 0 aliphatic rings. The van der Waals surface area contributed by atoms with Crippen molar-refractivity contribution in [1.82, 2.24) is 0 Å². The first-order valence-corrected chi connectivity index (χ1v) is 6.40. The molecule has 0 saturated carbocycles. The van der Waals surface area contributed by atoms with Gasteiger partial charge < -0.3 is 20.3 Å². The Hall–Kier alpha value is -0.490. The summed E-state index contributed by atoms with van der Waals surface area (Å²) in [5.74, 6) is 0.599. The van der Waals surface area contributed by atoms with Crippen LogP contribution in [0.4, 0.5) is 5.69 Å². The number of benzene rings is 1. The van der Waals surface area contributed by atoms with Gasteiger partial charge in [-0.05, 0) is 35.0 Å². The third-order valence-electron chi connectivity index (χ3n) is 2.04. The summed E-state index contributed by atoms with van der Waals surface area (Å²) in [6, 6.07) is 3.52. The average Bonchev–Trinajstić information content (AvgIpc) is 2.30. The van der Waals surface area contributed by atoms with Gasteiger partial charge >= 0.3 is 0 Å². The lowest BCUT2D eigenvalue weighted by Gasteiger charge is -2.13. The van der Waals surface area contributed by atoms with Gasteiger partial charge in [-0.2, -0.15) is 0 Å². The molecule has 4 nitrogen and oxygen atoms in total. The highest BCUT2D eigenvalue weighted by atomic mass is 79.9. The molecule has 0 heterocycles. The largest absolute Gasteiger partial charge is 0.491 e. The maximum Gasteiger partial charge on any atom is 0.152 e. The monoisotopic (exact) mass is 323 g/mol. The van der Waals surface area contributed by atoms with E-state index in [0.717, 1.165) is 10.2 Å². The van der Waals surface area contributed by atoms with Crippen molar-refractivity contribution >= 4 is 33.2 Å². The van der Waals surface area contributed by atoms with Crippen molar-refractivity contribution in [2.24, 2.45) is 0 Å². The molecule has 1 rings (SSSR count). The molecule has 0 spiro atoms. The topological polar surface area (TPSA) is 61.7 Å². The van der Waals surface area contributed by atoms with Crippen LogP contribution in [0.15, 0.2) is 16.6 Å². The van der Waals surface area contributed by atoms with Crippen LogP contribution in [0.2, 0.25) is 5.02 Å². The lowest BCUT2D eigenvalue weighted by molar-refractivity contribution is 0.105. The Balaban J connectivity index is 2.76. The van der Waals surface area contributed by atoms with Crippen LogP contribution in [-0.4, -0.2) is 36.1 Å². The Kier molecular flexibility index (Phi) is 6.05. The standard InChI is InChI=1S/C11H15BrClNO3/c1-2-17-11-9(12)3-7(4-10(11)13)14-5-8(16)6-15/h3-4,8,14-16H,2,5-6H2,1H3. The molecule has 0 aliphatic heterocycles. The van der Waals surface area contributed by atoms with Gasteiger partial charge in [0.05, 0.1) is 28.8 Å². The number of aliphatic hydroxyl groups excluding tert-OH is 2. The fraction of sp³-hybridized carbons (Fsp3) is 0.455. The lowest BCUT2D eigenvalue weighted by Crippen LogP contribution is -2.22. The molecule has 1 unspecified atom stereocenters. The molecule has 0 aromatic heterocycles. The molecule has 17 heavy (non-hydrogen) atoms. The number of aliphatic hydroxyl groups is 2. The van der Waals surface area contributed by atoms with Crippen molar-refractivity contribution in [3.63, 3.8) is 0 Å². The van der Waals surface area contributed by atoms with E-state index >= 15 is 0 Å². The van der Waals surface area contributed by atoms with Gasteiger partial charge in [0.25, 0.3) is 0 Å². The van der Waals surface area contributed by atoms with Gasteiger partial charge in [0, 0.05) is 12.2 Å². The van der Waals surface area contributed by atoms with Gasteiger partial charge in [-0.1, -0.05) is 11.6 Å². The van der Waals surface area contributed by atoms with E-state index < -0.39 is 6.10 Å². The Morgan fingerprint density at radius 3 is 2.76 bits per heavy atom. The van der Waals surface area contributed by atoms with Crippen LogP contribution >= 0.6 is 27.5 Å². The third-order valence-corrected chi connectivity index (χ3v) is 2.91. The number of hydrogen-bond acceptors (Lipinski definition) is 4. The zero-order valence-electron chi connectivity index (χ0n) is 9.41. The van der Waals surface area contributed by atoms with Gasteiger partial charge in [0.1, 0.15) is 0 Å². The van der Waals surface area contributed by atoms with Crippen molar-refractivity contribution in [3.8, 4) is 5.75 Å². The van der Waals surface area contributed by atoms with Gasteiger partial charge in [0.2, 0.25) is 0 Å². The van der Waals surface area contributed by atoms with Crippen molar-refractivity contribution < 1.29 is 14.9 Å². The molecule has 1 atom stereocenters.